The molecule has 0 aliphatic heterocycles. The lowest BCUT2D eigenvalue weighted by Crippen LogP contribution is -2.26. The van der Waals surface area contributed by atoms with Gasteiger partial charge in [-0.05, 0) is 18.9 Å². The Kier molecular flexibility index (Phi) is 5.15. The fourth-order valence-electron chi connectivity index (χ4n) is 2.20. The zero-order valence-corrected chi connectivity index (χ0v) is 14.4. The molecule has 0 aliphatic carbocycles. The van der Waals surface area contributed by atoms with Crippen LogP contribution in [0.4, 0.5) is 0 Å². The predicted molar refractivity (Wildman–Crippen MR) is 82.8 cm³/mol. The van der Waals surface area contributed by atoms with Gasteiger partial charge in [-0.1, -0.05) is 19.0 Å². The van der Waals surface area contributed by atoms with E-state index in [1.807, 2.05) is 20.0 Å². The summed E-state index contributed by atoms with van der Waals surface area (Å²) < 4.78 is 12.0. The first-order valence-electron chi connectivity index (χ1n) is 7.48. The van der Waals surface area contributed by atoms with Crippen molar-refractivity contribution in [2.24, 2.45) is 7.05 Å². The van der Waals surface area contributed by atoms with E-state index in [0.717, 1.165) is 5.69 Å². The number of carbonyl (C=O) groups excluding carboxylic acids is 1. The molecule has 126 valence electrons. The van der Waals surface area contributed by atoms with E-state index in [-0.39, 0.29) is 18.6 Å². The minimum absolute atomic E-state index is 0.188. The zero-order chi connectivity index (χ0) is 17.1. The second-order valence-electron chi connectivity index (χ2n) is 5.82. The van der Waals surface area contributed by atoms with Crippen molar-refractivity contribution in [2.75, 3.05) is 14.2 Å². The summed E-state index contributed by atoms with van der Waals surface area (Å²) in [6.45, 7) is 6.17. The Hall–Kier alpha value is -2.22. The quantitative estimate of drug-likeness (QED) is 0.808. The molecule has 0 radical (unpaired) electrons. The molecule has 0 bridgehead atoms. The van der Waals surface area contributed by atoms with E-state index in [1.165, 1.54) is 4.90 Å². The molecule has 2 aromatic rings. The fourth-order valence-corrected chi connectivity index (χ4v) is 2.20. The standard InChI is InChI=1S/C15H23N5O3/c1-9(2)12-7-11(17-20(12)5)15(21)19(4)8-13-16-14(18-23-13)10(3)22-6/h7,9-10H,8H2,1-6H3/t10-/m0/s1. The average Bonchev–Trinajstić information content (AvgIpc) is 3.12. The van der Waals surface area contributed by atoms with Gasteiger partial charge in [0.25, 0.3) is 5.91 Å². The topological polar surface area (TPSA) is 86.3 Å². The summed E-state index contributed by atoms with van der Waals surface area (Å²) in [5.74, 6) is 0.934. The van der Waals surface area contributed by atoms with Crippen LogP contribution in [-0.4, -0.2) is 44.9 Å². The summed E-state index contributed by atoms with van der Waals surface area (Å²) in [5.41, 5.74) is 1.42. The molecule has 0 aromatic carbocycles. The Bertz CT molecular complexity index is 676. The molecular weight excluding hydrogens is 298 g/mol. The Morgan fingerprint density at radius 1 is 1.43 bits per heavy atom. The Morgan fingerprint density at radius 2 is 2.13 bits per heavy atom. The van der Waals surface area contributed by atoms with Crippen molar-refractivity contribution in [2.45, 2.75) is 39.3 Å². The number of carbonyl (C=O) groups is 1. The van der Waals surface area contributed by atoms with Crippen molar-refractivity contribution in [1.29, 1.82) is 0 Å². The molecule has 2 heterocycles. The van der Waals surface area contributed by atoms with Gasteiger partial charge in [-0.25, -0.2) is 0 Å². The predicted octanol–water partition coefficient (Wildman–Crippen LogP) is 1.91. The Labute approximate surface area is 135 Å². The fraction of sp³-hybridized carbons (Fsp3) is 0.600. The van der Waals surface area contributed by atoms with Crippen molar-refractivity contribution >= 4 is 5.91 Å². The van der Waals surface area contributed by atoms with E-state index in [1.54, 1.807) is 18.8 Å². The van der Waals surface area contributed by atoms with Gasteiger partial charge in [0.1, 0.15) is 12.6 Å². The van der Waals surface area contributed by atoms with Crippen LogP contribution in [0.1, 0.15) is 60.7 Å². The van der Waals surface area contributed by atoms with Crippen LogP contribution in [0.3, 0.4) is 0 Å². The van der Waals surface area contributed by atoms with Gasteiger partial charge in [-0.2, -0.15) is 10.1 Å². The van der Waals surface area contributed by atoms with Crippen LogP contribution in [0.5, 0.6) is 0 Å². The van der Waals surface area contributed by atoms with Gasteiger partial charge in [0, 0.05) is 26.9 Å². The maximum atomic E-state index is 12.5. The van der Waals surface area contributed by atoms with E-state index in [9.17, 15) is 4.79 Å². The van der Waals surface area contributed by atoms with Crippen molar-refractivity contribution < 1.29 is 14.1 Å². The van der Waals surface area contributed by atoms with Crippen LogP contribution in [0.15, 0.2) is 10.6 Å². The third-order valence-electron chi connectivity index (χ3n) is 3.65. The lowest BCUT2D eigenvalue weighted by atomic mass is 10.1. The van der Waals surface area contributed by atoms with Gasteiger partial charge >= 0.3 is 0 Å². The number of nitrogens with zero attached hydrogens (tertiary/aromatic N) is 5. The molecule has 0 aliphatic rings. The average molecular weight is 321 g/mol. The second kappa shape index (κ2) is 6.91. The minimum Gasteiger partial charge on any atom is -0.374 e. The summed E-state index contributed by atoms with van der Waals surface area (Å²) in [4.78, 5) is 18.2. The molecule has 23 heavy (non-hydrogen) atoms. The summed E-state index contributed by atoms with van der Waals surface area (Å²) in [5, 5.41) is 8.12. The van der Waals surface area contributed by atoms with Gasteiger partial charge in [-0.15, -0.1) is 0 Å². The Morgan fingerprint density at radius 3 is 2.70 bits per heavy atom. The number of ether oxygens (including phenoxy) is 1. The first-order valence-corrected chi connectivity index (χ1v) is 7.48. The highest BCUT2D eigenvalue weighted by Crippen LogP contribution is 2.17. The molecule has 1 atom stereocenters. The lowest BCUT2D eigenvalue weighted by Gasteiger charge is -2.12. The SMILES string of the molecule is CO[C@@H](C)c1noc(CN(C)C(=O)c2cc(C(C)C)n(C)n2)n1. The van der Waals surface area contributed by atoms with Crippen molar-refractivity contribution in [3.05, 3.63) is 29.2 Å². The van der Waals surface area contributed by atoms with E-state index in [4.69, 9.17) is 9.26 Å². The molecule has 0 fully saturated rings. The van der Waals surface area contributed by atoms with Crippen molar-refractivity contribution in [3.8, 4) is 0 Å². The van der Waals surface area contributed by atoms with Gasteiger partial charge in [0.2, 0.25) is 5.89 Å². The van der Waals surface area contributed by atoms with Crippen LogP contribution in [0.2, 0.25) is 0 Å². The highest BCUT2D eigenvalue weighted by Gasteiger charge is 2.21. The molecule has 0 saturated heterocycles. The number of aryl methyl sites for hydroxylation is 1. The maximum absolute atomic E-state index is 12.5. The molecule has 1 amide bonds. The molecular formula is C15H23N5O3. The number of rotatable bonds is 6. The van der Waals surface area contributed by atoms with Crippen molar-refractivity contribution in [3.63, 3.8) is 0 Å². The number of aromatic nitrogens is 4. The highest BCUT2D eigenvalue weighted by atomic mass is 16.5. The lowest BCUT2D eigenvalue weighted by molar-refractivity contribution is 0.0763. The molecule has 0 unspecified atom stereocenters. The normalized spacial score (nSPS) is 12.7. The number of methoxy groups -OCH3 is 1. The van der Waals surface area contributed by atoms with E-state index >= 15 is 0 Å². The molecule has 8 nitrogen and oxygen atoms in total. The van der Waals surface area contributed by atoms with Gasteiger partial charge in [0.15, 0.2) is 11.5 Å². The first kappa shape index (κ1) is 17.1. The zero-order valence-electron chi connectivity index (χ0n) is 14.4. The maximum Gasteiger partial charge on any atom is 0.274 e. The van der Waals surface area contributed by atoms with Gasteiger partial charge in [-0.3, -0.25) is 9.48 Å². The number of amides is 1. The smallest absolute Gasteiger partial charge is 0.274 e. The number of hydrogen-bond acceptors (Lipinski definition) is 6. The summed E-state index contributed by atoms with van der Waals surface area (Å²) in [6, 6.07) is 1.82. The summed E-state index contributed by atoms with van der Waals surface area (Å²) in [6.07, 6.45) is -0.252. The number of hydrogen-bond donors (Lipinski definition) is 0. The molecule has 0 N–H and O–H groups in total. The summed E-state index contributed by atoms with van der Waals surface area (Å²) >= 11 is 0. The third-order valence-corrected chi connectivity index (χ3v) is 3.65. The third kappa shape index (κ3) is 3.76. The molecule has 2 aromatic heterocycles. The molecule has 8 heteroatoms. The minimum atomic E-state index is -0.252. The van der Waals surface area contributed by atoms with Crippen LogP contribution in [0, 0.1) is 0 Å². The van der Waals surface area contributed by atoms with Crippen molar-refractivity contribution in [1.82, 2.24) is 24.8 Å². The monoisotopic (exact) mass is 321 g/mol. The summed E-state index contributed by atoms with van der Waals surface area (Å²) in [7, 11) is 5.09. The van der Waals surface area contributed by atoms with Crippen LogP contribution < -0.4 is 0 Å². The second-order valence-corrected chi connectivity index (χ2v) is 5.82. The van der Waals surface area contributed by atoms with Gasteiger partial charge in [0.05, 0.1) is 0 Å². The highest BCUT2D eigenvalue weighted by molar-refractivity contribution is 5.92. The molecule has 0 saturated carbocycles. The van der Waals surface area contributed by atoms with Crippen LogP contribution in [0.25, 0.3) is 0 Å². The largest absolute Gasteiger partial charge is 0.374 e. The van der Waals surface area contributed by atoms with Crippen LogP contribution >= 0.6 is 0 Å². The van der Waals surface area contributed by atoms with E-state index in [0.29, 0.717) is 23.3 Å². The molecule has 2 rings (SSSR count). The first-order chi connectivity index (χ1) is 10.8. The molecule has 0 spiro atoms. The van der Waals surface area contributed by atoms with E-state index < -0.39 is 0 Å². The van der Waals surface area contributed by atoms with E-state index in [2.05, 4.69) is 29.1 Å². The van der Waals surface area contributed by atoms with Crippen LogP contribution in [-0.2, 0) is 18.3 Å². The Balaban J connectivity index is 2.08. The van der Waals surface area contributed by atoms with Gasteiger partial charge < -0.3 is 14.2 Å².